The number of ether oxygens (including phenoxy) is 2. The van der Waals surface area contributed by atoms with Gasteiger partial charge in [0.05, 0.1) is 10.8 Å². The van der Waals surface area contributed by atoms with Gasteiger partial charge in [-0.3, -0.25) is 4.79 Å². The van der Waals surface area contributed by atoms with Gasteiger partial charge >= 0.3 is 0 Å². The van der Waals surface area contributed by atoms with Crippen molar-refractivity contribution in [3.05, 3.63) is 36.5 Å². The minimum absolute atomic E-state index is 0.116. The van der Waals surface area contributed by atoms with E-state index in [0.29, 0.717) is 41.2 Å². The van der Waals surface area contributed by atoms with Gasteiger partial charge in [0.2, 0.25) is 5.91 Å². The van der Waals surface area contributed by atoms with E-state index in [-0.39, 0.29) is 11.2 Å². The molecular weight excluding hydrogens is 340 g/mol. The number of aromatic amines is 1. The second-order valence-corrected chi connectivity index (χ2v) is 6.85. The molecule has 4 rings (SSSR count). The number of pyridine rings is 1. The quantitative estimate of drug-likeness (QED) is 0.699. The molecule has 0 fully saturated rings. The molecule has 8 heteroatoms. The van der Waals surface area contributed by atoms with Crippen LogP contribution in [-0.4, -0.2) is 39.3 Å². The number of aromatic nitrogens is 3. The Labute approximate surface area is 148 Å². The number of thioether (sulfide) groups is 1. The van der Waals surface area contributed by atoms with E-state index in [1.54, 1.807) is 24.4 Å². The first kappa shape index (κ1) is 15.8. The van der Waals surface area contributed by atoms with Crippen LogP contribution < -0.4 is 14.8 Å². The average Bonchev–Trinajstić information content (AvgIpc) is 3.03. The lowest BCUT2D eigenvalue weighted by Gasteiger charge is -2.19. The van der Waals surface area contributed by atoms with Gasteiger partial charge in [0.1, 0.15) is 13.2 Å². The van der Waals surface area contributed by atoms with Gasteiger partial charge in [0, 0.05) is 18.0 Å². The van der Waals surface area contributed by atoms with Crippen LogP contribution in [0, 0.1) is 0 Å². The third-order valence-corrected chi connectivity index (χ3v) is 4.69. The monoisotopic (exact) mass is 356 g/mol. The fraction of sp³-hybridized carbons (Fsp3) is 0.235. The molecule has 0 spiro atoms. The van der Waals surface area contributed by atoms with Crippen molar-refractivity contribution in [3.63, 3.8) is 0 Å². The van der Waals surface area contributed by atoms with Crippen molar-refractivity contribution in [2.75, 3.05) is 18.5 Å². The van der Waals surface area contributed by atoms with Crippen LogP contribution in [-0.2, 0) is 4.79 Å². The maximum absolute atomic E-state index is 12.4. The predicted octanol–water partition coefficient (Wildman–Crippen LogP) is 2.85. The third-order valence-electron chi connectivity index (χ3n) is 3.70. The molecule has 1 aliphatic rings. The second-order valence-electron chi connectivity index (χ2n) is 5.52. The van der Waals surface area contributed by atoms with Crippen molar-refractivity contribution >= 4 is 34.5 Å². The van der Waals surface area contributed by atoms with Gasteiger partial charge in [0.25, 0.3) is 0 Å². The Balaban J connectivity index is 1.43. The Morgan fingerprint density at radius 1 is 1.28 bits per heavy atom. The van der Waals surface area contributed by atoms with E-state index in [4.69, 9.17) is 9.47 Å². The van der Waals surface area contributed by atoms with Gasteiger partial charge in [-0.05, 0) is 31.2 Å². The molecular formula is C17H16N4O3S. The van der Waals surface area contributed by atoms with Gasteiger partial charge in [0.15, 0.2) is 22.3 Å². The molecule has 7 nitrogen and oxygen atoms in total. The number of imidazole rings is 1. The molecule has 2 aromatic heterocycles. The molecule has 3 heterocycles. The van der Waals surface area contributed by atoms with Crippen LogP contribution in [0.1, 0.15) is 6.92 Å². The molecule has 25 heavy (non-hydrogen) atoms. The minimum atomic E-state index is -0.325. The van der Waals surface area contributed by atoms with E-state index in [1.807, 2.05) is 19.1 Å². The Morgan fingerprint density at radius 2 is 2.12 bits per heavy atom. The Bertz CT molecular complexity index is 894. The summed E-state index contributed by atoms with van der Waals surface area (Å²) >= 11 is 1.35. The third kappa shape index (κ3) is 3.39. The molecule has 3 aromatic rings. The summed E-state index contributed by atoms with van der Waals surface area (Å²) in [6.07, 6.45) is 1.69. The first-order valence-corrected chi connectivity index (χ1v) is 8.75. The standard InChI is InChI=1S/C17H16N4O3S/c1-10(25-17-20-12-3-2-6-18-15(12)21-17)16(22)19-11-4-5-13-14(9-11)24-8-7-23-13/h2-6,9-10H,7-8H2,1H3,(H,19,22)(H,18,20,21)/t10-/m1/s1. The molecule has 0 saturated carbocycles. The zero-order valence-corrected chi connectivity index (χ0v) is 14.3. The summed E-state index contributed by atoms with van der Waals surface area (Å²) < 4.78 is 11.0. The summed E-state index contributed by atoms with van der Waals surface area (Å²) in [4.78, 5) is 24.2. The van der Waals surface area contributed by atoms with Gasteiger partial charge in [-0.1, -0.05) is 11.8 Å². The smallest absolute Gasteiger partial charge is 0.237 e. The van der Waals surface area contributed by atoms with Crippen LogP contribution in [0.4, 0.5) is 5.69 Å². The summed E-state index contributed by atoms with van der Waals surface area (Å²) in [6, 6.07) is 9.11. The van der Waals surface area contributed by atoms with Crippen LogP contribution in [0.5, 0.6) is 11.5 Å². The van der Waals surface area contributed by atoms with E-state index in [0.717, 1.165) is 5.52 Å². The molecule has 0 saturated heterocycles. The number of nitrogens with one attached hydrogen (secondary N) is 2. The summed E-state index contributed by atoms with van der Waals surface area (Å²) in [6.45, 7) is 2.88. The Morgan fingerprint density at radius 3 is 2.96 bits per heavy atom. The Kier molecular flexibility index (Phi) is 4.19. The number of H-pyrrole nitrogens is 1. The summed E-state index contributed by atoms with van der Waals surface area (Å²) in [5.74, 6) is 1.23. The highest BCUT2D eigenvalue weighted by atomic mass is 32.2. The fourth-order valence-corrected chi connectivity index (χ4v) is 3.27. The van der Waals surface area contributed by atoms with E-state index < -0.39 is 0 Å². The number of amides is 1. The average molecular weight is 356 g/mol. The predicted molar refractivity (Wildman–Crippen MR) is 95.3 cm³/mol. The lowest BCUT2D eigenvalue weighted by Crippen LogP contribution is -2.23. The van der Waals surface area contributed by atoms with Crippen LogP contribution >= 0.6 is 11.8 Å². The minimum Gasteiger partial charge on any atom is -0.486 e. The lowest BCUT2D eigenvalue weighted by molar-refractivity contribution is -0.115. The van der Waals surface area contributed by atoms with Crippen molar-refractivity contribution in [2.45, 2.75) is 17.3 Å². The van der Waals surface area contributed by atoms with Crippen molar-refractivity contribution in [3.8, 4) is 11.5 Å². The van der Waals surface area contributed by atoms with E-state index in [9.17, 15) is 4.79 Å². The van der Waals surface area contributed by atoms with Crippen LogP contribution in [0.3, 0.4) is 0 Å². The number of hydrogen-bond acceptors (Lipinski definition) is 6. The highest BCUT2D eigenvalue weighted by Gasteiger charge is 2.18. The molecule has 128 valence electrons. The molecule has 0 radical (unpaired) electrons. The van der Waals surface area contributed by atoms with E-state index in [1.165, 1.54) is 11.8 Å². The Hall–Kier alpha value is -2.74. The van der Waals surface area contributed by atoms with E-state index in [2.05, 4.69) is 20.3 Å². The lowest BCUT2D eigenvalue weighted by atomic mass is 10.2. The summed E-state index contributed by atoms with van der Waals surface area (Å²) in [5, 5.41) is 3.23. The summed E-state index contributed by atoms with van der Waals surface area (Å²) in [7, 11) is 0. The number of fused-ring (bicyclic) bond motifs is 2. The number of benzene rings is 1. The second kappa shape index (κ2) is 6.64. The summed E-state index contributed by atoms with van der Waals surface area (Å²) in [5.41, 5.74) is 2.17. The molecule has 0 aliphatic carbocycles. The molecule has 1 aromatic carbocycles. The highest BCUT2D eigenvalue weighted by Crippen LogP contribution is 2.33. The molecule has 1 atom stereocenters. The van der Waals surface area contributed by atoms with Crippen LogP contribution in [0.2, 0.25) is 0 Å². The largest absolute Gasteiger partial charge is 0.486 e. The van der Waals surface area contributed by atoms with Crippen LogP contribution in [0.25, 0.3) is 11.2 Å². The molecule has 0 unspecified atom stereocenters. The maximum Gasteiger partial charge on any atom is 0.237 e. The first-order valence-electron chi connectivity index (χ1n) is 7.87. The highest BCUT2D eigenvalue weighted by molar-refractivity contribution is 8.00. The first-order chi connectivity index (χ1) is 12.2. The van der Waals surface area contributed by atoms with Crippen LogP contribution in [0.15, 0.2) is 41.7 Å². The van der Waals surface area contributed by atoms with Crippen molar-refractivity contribution in [1.29, 1.82) is 0 Å². The van der Waals surface area contributed by atoms with Gasteiger partial charge < -0.3 is 19.8 Å². The zero-order chi connectivity index (χ0) is 17.2. The number of carbonyl (C=O) groups excluding carboxylic acids is 1. The van der Waals surface area contributed by atoms with Gasteiger partial charge in [-0.25, -0.2) is 9.97 Å². The molecule has 1 aliphatic heterocycles. The number of rotatable bonds is 4. The topological polar surface area (TPSA) is 89.1 Å². The van der Waals surface area contributed by atoms with Crippen molar-refractivity contribution in [2.24, 2.45) is 0 Å². The fourth-order valence-electron chi connectivity index (χ4n) is 2.46. The number of anilines is 1. The molecule has 2 N–H and O–H groups in total. The number of carbonyl (C=O) groups is 1. The van der Waals surface area contributed by atoms with Crippen molar-refractivity contribution < 1.29 is 14.3 Å². The number of nitrogens with zero attached hydrogens (tertiary/aromatic N) is 2. The molecule has 0 bridgehead atoms. The maximum atomic E-state index is 12.4. The normalized spacial score (nSPS) is 14.3. The zero-order valence-electron chi connectivity index (χ0n) is 13.5. The van der Waals surface area contributed by atoms with Gasteiger partial charge in [-0.2, -0.15) is 0 Å². The van der Waals surface area contributed by atoms with E-state index >= 15 is 0 Å². The SMILES string of the molecule is C[C@@H](Sc1nc2ncccc2[nH]1)C(=O)Nc1ccc2c(c1)OCCO2. The van der Waals surface area contributed by atoms with Crippen molar-refractivity contribution in [1.82, 2.24) is 15.0 Å². The number of hydrogen-bond donors (Lipinski definition) is 2. The van der Waals surface area contributed by atoms with Gasteiger partial charge in [-0.15, -0.1) is 0 Å². The molecule has 1 amide bonds.